The number of aliphatic hydroxyl groups is 2. The second kappa shape index (κ2) is 4.80. The molecular formula is C9H18O3. The van der Waals surface area contributed by atoms with Crippen molar-refractivity contribution in [3.05, 3.63) is 0 Å². The fourth-order valence-corrected chi connectivity index (χ4v) is 1.43. The Morgan fingerprint density at radius 3 is 2.42 bits per heavy atom. The van der Waals surface area contributed by atoms with E-state index in [0.29, 0.717) is 6.10 Å². The Morgan fingerprint density at radius 1 is 1.33 bits per heavy atom. The van der Waals surface area contributed by atoms with Gasteiger partial charge in [-0.25, -0.2) is 0 Å². The van der Waals surface area contributed by atoms with Gasteiger partial charge >= 0.3 is 0 Å². The third-order valence-corrected chi connectivity index (χ3v) is 2.36. The summed E-state index contributed by atoms with van der Waals surface area (Å²) in [7, 11) is 0. The van der Waals surface area contributed by atoms with Gasteiger partial charge in [0.05, 0.1) is 18.8 Å². The molecule has 0 saturated heterocycles. The van der Waals surface area contributed by atoms with E-state index in [4.69, 9.17) is 9.84 Å². The Hall–Kier alpha value is -0.120. The Bertz CT molecular complexity index is 117. The minimum absolute atomic E-state index is 0.266. The van der Waals surface area contributed by atoms with Crippen LogP contribution in [-0.4, -0.2) is 35.1 Å². The SMILES string of the molecule is CC(O)C(O)COC1CCCC1. The Kier molecular flexibility index (Phi) is 3.98. The van der Waals surface area contributed by atoms with E-state index < -0.39 is 12.2 Å². The summed E-state index contributed by atoms with van der Waals surface area (Å²) in [6.45, 7) is 1.84. The second-order valence-corrected chi connectivity index (χ2v) is 3.55. The smallest absolute Gasteiger partial charge is 0.103 e. The molecular weight excluding hydrogens is 156 g/mol. The zero-order valence-electron chi connectivity index (χ0n) is 7.57. The third kappa shape index (κ3) is 3.09. The fraction of sp³-hybridized carbons (Fsp3) is 1.00. The van der Waals surface area contributed by atoms with E-state index >= 15 is 0 Å². The summed E-state index contributed by atoms with van der Waals surface area (Å²) in [6, 6.07) is 0. The van der Waals surface area contributed by atoms with Gasteiger partial charge in [0.2, 0.25) is 0 Å². The van der Waals surface area contributed by atoms with Crippen LogP contribution in [0.1, 0.15) is 32.6 Å². The summed E-state index contributed by atoms with van der Waals surface area (Å²) in [4.78, 5) is 0. The molecule has 0 aromatic carbocycles. The lowest BCUT2D eigenvalue weighted by molar-refractivity contribution is -0.0531. The fourth-order valence-electron chi connectivity index (χ4n) is 1.43. The molecule has 1 aliphatic carbocycles. The van der Waals surface area contributed by atoms with Crippen molar-refractivity contribution in [3.8, 4) is 0 Å². The molecule has 2 atom stereocenters. The van der Waals surface area contributed by atoms with Crippen molar-refractivity contribution in [1.82, 2.24) is 0 Å². The van der Waals surface area contributed by atoms with Gasteiger partial charge in [-0.3, -0.25) is 0 Å². The molecule has 0 aromatic rings. The molecule has 1 fully saturated rings. The number of hydrogen-bond donors (Lipinski definition) is 2. The Balaban J connectivity index is 2.07. The first-order valence-corrected chi connectivity index (χ1v) is 4.68. The first-order chi connectivity index (χ1) is 5.70. The van der Waals surface area contributed by atoms with Crippen LogP contribution in [0.25, 0.3) is 0 Å². The number of aliphatic hydroxyl groups excluding tert-OH is 2. The molecule has 0 heterocycles. The summed E-state index contributed by atoms with van der Waals surface area (Å²) in [5.41, 5.74) is 0. The summed E-state index contributed by atoms with van der Waals surface area (Å²) < 4.78 is 5.42. The van der Waals surface area contributed by atoms with Crippen molar-refractivity contribution in [2.75, 3.05) is 6.61 Å². The lowest BCUT2D eigenvalue weighted by Gasteiger charge is -2.17. The molecule has 0 bridgehead atoms. The highest BCUT2D eigenvalue weighted by atomic mass is 16.5. The molecule has 0 amide bonds. The van der Waals surface area contributed by atoms with Gasteiger partial charge in [-0.2, -0.15) is 0 Å². The number of hydrogen-bond acceptors (Lipinski definition) is 3. The van der Waals surface area contributed by atoms with Crippen molar-refractivity contribution in [2.45, 2.75) is 50.9 Å². The van der Waals surface area contributed by atoms with Gasteiger partial charge in [-0.1, -0.05) is 12.8 Å². The molecule has 3 heteroatoms. The minimum atomic E-state index is -0.731. The molecule has 12 heavy (non-hydrogen) atoms. The molecule has 1 rings (SSSR count). The first kappa shape index (κ1) is 9.96. The highest BCUT2D eigenvalue weighted by Crippen LogP contribution is 2.20. The molecule has 1 saturated carbocycles. The van der Waals surface area contributed by atoms with E-state index in [1.54, 1.807) is 6.92 Å². The minimum Gasteiger partial charge on any atom is -0.391 e. The van der Waals surface area contributed by atoms with Crippen molar-refractivity contribution in [3.63, 3.8) is 0 Å². The van der Waals surface area contributed by atoms with Crippen LogP contribution in [0.5, 0.6) is 0 Å². The maximum atomic E-state index is 9.21. The van der Waals surface area contributed by atoms with Gasteiger partial charge in [0, 0.05) is 0 Å². The number of rotatable bonds is 4. The van der Waals surface area contributed by atoms with Crippen LogP contribution < -0.4 is 0 Å². The van der Waals surface area contributed by atoms with Gasteiger partial charge in [-0.05, 0) is 19.8 Å². The second-order valence-electron chi connectivity index (χ2n) is 3.55. The maximum Gasteiger partial charge on any atom is 0.103 e. The normalized spacial score (nSPS) is 24.2. The predicted octanol–water partition coefficient (Wildman–Crippen LogP) is 0.687. The van der Waals surface area contributed by atoms with E-state index in [2.05, 4.69) is 0 Å². The van der Waals surface area contributed by atoms with E-state index in [0.717, 1.165) is 12.8 Å². The molecule has 0 spiro atoms. The molecule has 0 aliphatic heterocycles. The van der Waals surface area contributed by atoms with Crippen LogP contribution >= 0.6 is 0 Å². The molecule has 3 nitrogen and oxygen atoms in total. The lowest BCUT2D eigenvalue weighted by Crippen LogP contribution is -2.29. The average Bonchev–Trinajstić information content (AvgIpc) is 2.51. The topological polar surface area (TPSA) is 49.7 Å². The molecule has 72 valence electrons. The van der Waals surface area contributed by atoms with Gasteiger partial charge in [0.1, 0.15) is 6.10 Å². The van der Waals surface area contributed by atoms with Gasteiger partial charge in [0.25, 0.3) is 0 Å². The van der Waals surface area contributed by atoms with E-state index in [1.807, 2.05) is 0 Å². The Morgan fingerprint density at radius 2 is 1.92 bits per heavy atom. The van der Waals surface area contributed by atoms with Crippen LogP contribution in [0.3, 0.4) is 0 Å². The quantitative estimate of drug-likeness (QED) is 0.659. The summed E-state index contributed by atoms with van der Waals surface area (Å²) in [6.07, 6.45) is 3.57. The van der Waals surface area contributed by atoms with E-state index in [-0.39, 0.29) is 6.61 Å². The summed E-state index contributed by atoms with van der Waals surface area (Å²) in [5.74, 6) is 0. The largest absolute Gasteiger partial charge is 0.391 e. The molecule has 0 radical (unpaired) electrons. The summed E-state index contributed by atoms with van der Waals surface area (Å²) in [5, 5.41) is 18.2. The van der Waals surface area contributed by atoms with Crippen molar-refractivity contribution in [2.24, 2.45) is 0 Å². The van der Waals surface area contributed by atoms with Crippen LogP contribution in [-0.2, 0) is 4.74 Å². The van der Waals surface area contributed by atoms with Crippen molar-refractivity contribution < 1.29 is 14.9 Å². The highest BCUT2D eigenvalue weighted by molar-refractivity contribution is 4.68. The zero-order chi connectivity index (χ0) is 8.97. The molecule has 1 aliphatic rings. The lowest BCUT2D eigenvalue weighted by atomic mass is 10.2. The third-order valence-electron chi connectivity index (χ3n) is 2.36. The van der Waals surface area contributed by atoms with E-state index in [9.17, 15) is 5.11 Å². The van der Waals surface area contributed by atoms with Crippen LogP contribution in [0.2, 0.25) is 0 Å². The molecule has 2 N–H and O–H groups in total. The van der Waals surface area contributed by atoms with Gasteiger partial charge in [0.15, 0.2) is 0 Å². The summed E-state index contributed by atoms with van der Waals surface area (Å²) >= 11 is 0. The van der Waals surface area contributed by atoms with Crippen molar-refractivity contribution in [1.29, 1.82) is 0 Å². The zero-order valence-corrected chi connectivity index (χ0v) is 7.57. The van der Waals surface area contributed by atoms with Crippen molar-refractivity contribution >= 4 is 0 Å². The van der Waals surface area contributed by atoms with Crippen LogP contribution in [0.15, 0.2) is 0 Å². The van der Waals surface area contributed by atoms with E-state index in [1.165, 1.54) is 12.8 Å². The molecule has 2 unspecified atom stereocenters. The molecule has 0 aromatic heterocycles. The van der Waals surface area contributed by atoms with Crippen LogP contribution in [0.4, 0.5) is 0 Å². The van der Waals surface area contributed by atoms with Crippen LogP contribution in [0, 0.1) is 0 Å². The first-order valence-electron chi connectivity index (χ1n) is 4.68. The average molecular weight is 174 g/mol. The highest BCUT2D eigenvalue weighted by Gasteiger charge is 2.18. The standard InChI is InChI=1S/C9H18O3/c1-7(10)9(11)6-12-8-4-2-3-5-8/h7-11H,2-6H2,1H3. The predicted molar refractivity (Wildman–Crippen MR) is 45.9 cm³/mol. The number of ether oxygens (including phenoxy) is 1. The monoisotopic (exact) mass is 174 g/mol. The Labute approximate surface area is 73.4 Å². The van der Waals surface area contributed by atoms with Gasteiger partial charge in [-0.15, -0.1) is 0 Å². The van der Waals surface area contributed by atoms with Gasteiger partial charge < -0.3 is 14.9 Å². The maximum absolute atomic E-state index is 9.21.